The van der Waals surface area contributed by atoms with Crippen LogP contribution in [0.2, 0.25) is 0 Å². The highest BCUT2D eigenvalue weighted by atomic mass is 35.5. The molecule has 0 spiro atoms. The predicted octanol–water partition coefficient (Wildman–Crippen LogP) is 0.787. The minimum Gasteiger partial charge on any atom is -0.370 e. The summed E-state index contributed by atoms with van der Waals surface area (Å²) in [5.74, 6) is 0.400. The van der Waals surface area contributed by atoms with Crippen molar-refractivity contribution in [2.24, 2.45) is 16.5 Å². The lowest BCUT2D eigenvalue weighted by atomic mass is 10.6. The monoisotopic (exact) mass is 190 g/mol. The second kappa shape index (κ2) is 3.54. The van der Waals surface area contributed by atoms with Gasteiger partial charge in [-0.2, -0.15) is 4.99 Å². The van der Waals surface area contributed by atoms with Crippen LogP contribution in [0.3, 0.4) is 0 Å². The first-order valence-electron chi connectivity index (χ1n) is 2.82. The van der Waals surface area contributed by atoms with Gasteiger partial charge in [-0.25, -0.2) is 4.98 Å². The first-order chi connectivity index (χ1) is 5.22. The Kier molecular flexibility index (Phi) is 2.67. The third kappa shape index (κ3) is 2.36. The van der Waals surface area contributed by atoms with Crippen LogP contribution in [0.15, 0.2) is 10.4 Å². The first-order valence-corrected chi connectivity index (χ1v) is 4.24. The van der Waals surface area contributed by atoms with Gasteiger partial charge in [0.15, 0.2) is 5.96 Å². The number of aromatic nitrogens is 1. The maximum atomic E-state index is 5.51. The molecule has 0 atom stereocenters. The summed E-state index contributed by atoms with van der Waals surface area (Å²) in [6.07, 6.45) is 0. The summed E-state index contributed by atoms with van der Waals surface area (Å²) in [6, 6.07) is 0. The number of thiazole rings is 1. The molecule has 0 aliphatic heterocycles. The number of nitrogens with two attached hydrogens (primary N) is 2. The highest BCUT2D eigenvalue weighted by Gasteiger charge is 1.97. The summed E-state index contributed by atoms with van der Waals surface area (Å²) >= 11 is 6.87. The van der Waals surface area contributed by atoms with Gasteiger partial charge in [0.2, 0.25) is 5.13 Å². The summed E-state index contributed by atoms with van der Waals surface area (Å²) in [4.78, 5) is 7.76. The lowest BCUT2D eigenvalue weighted by molar-refractivity contribution is 1.21. The van der Waals surface area contributed by atoms with Crippen molar-refractivity contribution in [2.75, 3.05) is 0 Å². The van der Waals surface area contributed by atoms with Crippen LogP contribution in [0.4, 0.5) is 5.13 Å². The Labute approximate surface area is 72.9 Å². The van der Waals surface area contributed by atoms with Crippen LogP contribution < -0.4 is 11.5 Å². The van der Waals surface area contributed by atoms with Crippen LogP contribution >= 0.6 is 22.9 Å². The van der Waals surface area contributed by atoms with Crippen molar-refractivity contribution < 1.29 is 0 Å². The molecule has 6 heteroatoms. The molecule has 60 valence electrons. The lowest BCUT2D eigenvalue weighted by Gasteiger charge is -1.85. The topological polar surface area (TPSA) is 77.3 Å². The molecule has 4 N–H and O–H groups in total. The number of halogens is 1. The summed E-state index contributed by atoms with van der Waals surface area (Å²) in [5.41, 5.74) is 11.1. The SMILES string of the molecule is NC(N)=Nc1nc(CCl)cs1. The maximum absolute atomic E-state index is 5.51. The van der Waals surface area contributed by atoms with E-state index in [-0.39, 0.29) is 5.96 Å². The zero-order chi connectivity index (χ0) is 8.27. The molecule has 1 rings (SSSR count). The van der Waals surface area contributed by atoms with Crippen LogP contribution in [0.5, 0.6) is 0 Å². The third-order valence-corrected chi connectivity index (χ3v) is 1.96. The van der Waals surface area contributed by atoms with Crippen molar-refractivity contribution >= 4 is 34.0 Å². The molecule has 0 aliphatic rings. The van der Waals surface area contributed by atoms with E-state index in [1.807, 2.05) is 5.38 Å². The van der Waals surface area contributed by atoms with Gasteiger partial charge in [-0.1, -0.05) is 0 Å². The average molecular weight is 191 g/mol. The number of alkyl halides is 1. The number of hydrogen-bond acceptors (Lipinski definition) is 3. The molecule has 0 aromatic carbocycles. The van der Waals surface area contributed by atoms with E-state index >= 15 is 0 Å². The largest absolute Gasteiger partial charge is 0.370 e. The Balaban J connectivity index is 2.81. The van der Waals surface area contributed by atoms with Crippen molar-refractivity contribution in [2.45, 2.75) is 5.88 Å². The molecular weight excluding hydrogens is 184 g/mol. The smallest absolute Gasteiger partial charge is 0.212 e. The van der Waals surface area contributed by atoms with Crippen LogP contribution in [0.25, 0.3) is 0 Å². The highest BCUT2D eigenvalue weighted by molar-refractivity contribution is 7.13. The normalized spacial score (nSPS) is 9.55. The summed E-state index contributed by atoms with van der Waals surface area (Å²) in [5, 5.41) is 2.36. The van der Waals surface area contributed by atoms with Crippen LogP contribution in [0, 0.1) is 0 Å². The summed E-state index contributed by atoms with van der Waals surface area (Å²) in [7, 11) is 0. The molecule has 0 radical (unpaired) electrons. The molecule has 1 aromatic rings. The van der Waals surface area contributed by atoms with E-state index in [4.69, 9.17) is 23.1 Å². The standard InChI is InChI=1S/C5H7ClN4S/c6-1-3-2-11-5(9-3)10-4(7)8/h2H,1H2,(H4,7,8,9,10). The fraction of sp³-hybridized carbons (Fsp3) is 0.200. The number of hydrogen-bond donors (Lipinski definition) is 2. The van der Waals surface area contributed by atoms with Crippen molar-refractivity contribution in [1.29, 1.82) is 0 Å². The van der Waals surface area contributed by atoms with Crippen molar-refractivity contribution in [1.82, 2.24) is 4.98 Å². The van der Waals surface area contributed by atoms with Gasteiger partial charge < -0.3 is 11.5 Å². The molecule has 0 amide bonds. The van der Waals surface area contributed by atoms with Crippen LogP contribution in [0.1, 0.15) is 5.69 Å². The number of nitrogens with zero attached hydrogens (tertiary/aromatic N) is 2. The van der Waals surface area contributed by atoms with Gasteiger partial charge in [0.25, 0.3) is 0 Å². The Morgan fingerprint density at radius 3 is 2.91 bits per heavy atom. The second-order valence-corrected chi connectivity index (χ2v) is 2.90. The molecule has 0 saturated carbocycles. The van der Waals surface area contributed by atoms with Gasteiger partial charge in [-0.3, -0.25) is 0 Å². The van der Waals surface area contributed by atoms with Gasteiger partial charge in [-0.15, -0.1) is 22.9 Å². The Morgan fingerprint density at radius 2 is 2.45 bits per heavy atom. The zero-order valence-corrected chi connectivity index (χ0v) is 7.19. The fourth-order valence-electron chi connectivity index (χ4n) is 0.519. The molecule has 4 nitrogen and oxygen atoms in total. The van der Waals surface area contributed by atoms with E-state index in [9.17, 15) is 0 Å². The molecule has 1 aromatic heterocycles. The van der Waals surface area contributed by atoms with Crippen molar-refractivity contribution in [3.8, 4) is 0 Å². The summed E-state index contributed by atoms with van der Waals surface area (Å²) < 4.78 is 0. The van der Waals surface area contributed by atoms with Gasteiger partial charge >= 0.3 is 0 Å². The molecule has 0 unspecified atom stereocenters. The van der Waals surface area contributed by atoms with Gasteiger partial charge in [0, 0.05) is 5.38 Å². The Morgan fingerprint density at radius 1 is 1.73 bits per heavy atom. The maximum Gasteiger partial charge on any atom is 0.212 e. The molecule has 0 bridgehead atoms. The van der Waals surface area contributed by atoms with Gasteiger partial charge in [0.05, 0.1) is 11.6 Å². The number of rotatable bonds is 2. The Hall–Kier alpha value is -0.810. The van der Waals surface area contributed by atoms with E-state index in [1.54, 1.807) is 0 Å². The lowest BCUT2D eigenvalue weighted by Crippen LogP contribution is -2.21. The van der Waals surface area contributed by atoms with Crippen molar-refractivity contribution in [3.05, 3.63) is 11.1 Å². The van der Waals surface area contributed by atoms with E-state index in [2.05, 4.69) is 9.98 Å². The predicted molar refractivity (Wildman–Crippen MR) is 47.1 cm³/mol. The van der Waals surface area contributed by atoms with Crippen LogP contribution in [-0.4, -0.2) is 10.9 Å². The third-order valence-electron chi connectivity index (χ3n) is 0.901. The summed E-state index contributed by atoms with van der Waals surface area (Å²) in [6.45, 7) is 0. The van der Waals surface area contributed by atoms with E-state index in [0.717, 1.165) is 5.69 Å². The highest BCUT2D eigenvalue weighted by Crippen LogP contribution is 2.19. The number of aliphatic imine (C=N–C) groups is 1. The van der Waals surface area contributed by atoms with E-state index in [1.165, 1.54) is 11.3 Å². The van der Waals surface area contributed by atoms with Crippen LogP contribution in [-0.2, 0) is 5.88 Å². The molecule has 11 heavy (non-hydrogen) atoms. The van der Waals surface area contributed by atoms with E-state index < -0.39 is 0 Å². The van der Waals surface area contributed by atoms with E-state index in [0.29, 0.717) is 11.0 Å². The molecule has 1 heterocycles. The number of guanidine groups is 1. The fourth-order valence-corrected chi connectivity index (χ4v) is 1.45. The quantitative estimate of drug-likeness (QED) is 0.411. The Bertz CT molecular complexity index is 265. The first kappa shape index (κ1) is 8.29. The van der Waals surface area contributed by atoms with Gasteiger partial charge in [0.1, 0.15) is 0 Å². The molecular formula is C5H7ClN4S. The molecule has 0 aliphatic carbocycles. The molecule has 0 saturated heterocycles. The van der Waals surface area contributed by atoms with Crippen molar-refractivity contribution in [3.63, 3.8) is 0 Å². The zero-order valence-electron chi connectivity index (χ0n) is 5.62. The second-order valence-electron chi connectivity index (χ2n) is 1.79. The van der Waals surface area contributed by atoms with Gasteiger partial charge in [-0.05, 0) is 0 Å². The minimum absolute atomic E-state index is 0.0143. The minimum atomic E-state index is 0.0143. The molecule has 0 fully saturated rings. The average Bonchev–Trinajstić information content (AvgIpc) is 2.34.